The van der Waals surface area contributed by atoms with Gasteiger partial charge in [-0.3, -0.25) is 4.99 Å². The van der Waals surface area contributed by atoms with Crippen LogP contribution in [0.1, 0.15) is 129 Å². The van der Waals surface area contributed by atoms with Gasteiger partial charge in [0, 0.05) is 12.2 Å². The maximum atomic E-state index is 12.6. The molecular formula is C54H65NO10. The Morgan fingerprint density at radius 2 is 0.938 bits per heavy atom. The largest absolute Gasteiger partial charge is 0.494 e. The molecule has 0 aromatic heterocycles. The van der Waals surface area contributed by atoms with E-state index >= 15 is 0 Å². The van der Waals surface area contributed by atoms with Gasteiger partial charge < -0.3 is 28.4 Å². The van der Waals surface area contributed by atoms with Gasteiger partial charge in [0.05, 0.1) is 43.2 Å². The van der Waals surface area contributed by atoms with Crippen molar-refractivity contribution in [2.24, 2.45) is 10.9 Å². The van der Waals surface area contributed by atoms with E-state index in [4.69, 9.17) is 28.4 Å². The zero-order valence-corrected chi connectivity index (χ0v) is 37.9. The Labute approximate surface area is 384 Å². The molecule has 11 nitrogen and oxygen atoms in total. The highest BCUT2D eigenvalue weighted by Gasteiger charge is 2.22. The van der Waals surface area contributed by atoms with Crippen LogP contribution in [0, 0.1) is 5.92 Å². The number of rotatable bonds is 26. The Balaban J connectivity index is 0.000000292. The van der Waals surface area contributed by atoms with Gasteiger partial charge in [-0.15, -0.1) is 0 Å². The number of hydrogen-bond donors (Lipinski definition) is 0. The zero-order valence-electron chi connectivity index (χ0n) is 37.9. The van der Waals surface area contributed by atoms with E-state index in [-0.39, 0.29) is 17.9 Å². The normalized spacial score (nSPS) is 14.0. The number of carbonyl (C=O) groups is 4. The molecule has 65 heavy (non-hydrogen) atoms. The summed E-state index contributed by atoms with van der Waals surface area (Å²) in [4.78, 5) is 50.4. The lowest BCUT2D eigenvalue weighted by molar-refractivity contribution is -0.138. The van der Waals surface area contributed by atoms with Gasteiger partial charge >= 0.3 is 23.9 Å². The van der Waals surface area contributed by atoms with Crippen molar-refractivity contribution in [3.63, 3.8) is 0 Å². The van der Waals surface area contributed by atoms with Crippen LogP contribution >= 0.6 is 0 Å². The van der Waals surface area contributed by atoms with E-state index in [1.807, 2.05) is 12.1 Å². The smallest absolute Gasteiger partial charge is 0.343 e. The van der Waals surface area contributed by atoms with Crippen molar-refractivity contribution < 1.29 is 47.6 Å². The minimum Gasteiger partial charge on any atom is -0.494 e. The molecule has 5 rings (SSSR count). The number of ether oxygens (including phenoxy) is 6. The van der Waals surface area contributed by atoms with Gasteiger partial charge in [0.2, 0.25) is 0 Å². The number of esters is 4. The van der Waals surface area contributed by atoms with E-state index in [1.165, 1.54) is 50.2 Å². The zero-order chi connectivity index (χ0) is 46.5. The molecule has 1 aliphatic rings. The van der Waals surface area contributed by atoms with Crippen LogP contribution in [0.4, 0.5) is 5.69 Å². The predicted octanol–water partition coefficient (Wildman–Crippen LogP) is 12.6. The minimum atomic E-state index is -0.437. The number of unbranched alkanes of at least 4 members (excludes halogenated alkanes) is 6. The molecule has 0 heterocycles. The van der Waals surface area contributed by atoms with Crippen molar-refractivity contribution in [2.45, 2.75) is 103 Å². The average molecular weight is 888 g/mol. The molecule has 0 N–H and O–H groups in total. The maximum Gasteiger partial charge on any atom is 0.343 e. The monoisotopic (exact) mass is 887 g/mol. The molecule has 0 unspecified atom stereocenters. The third kappa shape index (κ3) is 19.8. The van der Waals surface area contributed by atoms with Crippen LogP contribution < -0.4 is 18.9 Å². The van der Waals surface area contributed by atoms with Crippen molar-refractivity contribution in [3.05, 3.63) is 139 Å². The second-order valence-electron chi connectivity index (χ2n) is 15.8. The fraction of sp³-hybridized carbons (Fsp3) is 0.389. The summed E-state index contributed by atoms with van der Waals surface area (Å²) in [6, 6.07) is 28.7. The number of benzene rings is 4. The molecule has 0 spiro atoms. The van der Waals surface area contributed by atoms with Crippen molar-refractivity contribution in [3.8, 4) is 23.0 Å². The molecule has 1 saturated carbocycles. The lowest BCUT2D eigenvalue weighted by Crippen LogP contribution is -2.13. The summed E-state index contributed by atoms with van der Waals surface area (Å²) in [5.74, 6) is 2.40. The van der Waals surface area contributed by atoms with Crippen LogP contribution in [0.5, 0.6) is 23.0 Å². The Bertz CT molecular complexity index is 2050. The molecule has 0 bridgehead atoms. The molecular weight excluding hydrogens is 823 g/mol. The van der Waals surface area contributed by atoms with E-state index in [2.05, 4.69) is 43.9 Å². The van der Waals surface area contributed by atoms with Crippen molar-refractivity contribution in [1.82, 2.24) is 0 Å². The van der Waals surface area contributed by atoms with Crippen molar-refractivity contribution >= 4 is 36.3 Å². The van der Waals surface area contributed by atoms with Gasteiger partial charge in [0.1, 0.15) is 23.0 Å². The number of aliphatic imine (C=N–C) groups is 1. The lowest BCUT2D eigenvalue weighted by atomic mass is 9.77. The van der Waals surface area contributed by atoms with Crippen LogP contribution in [0.2, 0.25) is 0 Å². The summed E-state index contributed by atoms with van der Waals surface area (Å²) in [7, 11) is 0. The first-order chi connectivity index (χ1) is 31.7. The Morgan fingerprint density at radius 1 is 0.538 bits per heavy atom. The Morgan fingerprint density at radius 3 is 1.34 bits per heavy atom. The molecule has 1 fully saturated rings. The summed E-state index contributed by atoms with van der Waals surface area (Å²) in [6.45, 7) is 14.5. The predicted molar refractivity (Wildman–Crippen MR) is 255 cm³/mol. The summed E-state index contributed by atoms with van der Waals surface area (Å²) in [5.41, 5.74) is 3.00. The second-order valence-corrected chi connectivity index (χ2v) is 15.8. The van der Waals surface area contributed by atoms with Crippen molar-refractivity contribution in [1.29, 1.82) is 0 Å². The first kappa shape index (κ1) is 51.1. The molecule has 0 atom stereocenters. The van der Waals surface area contributed by atoms with E-state index in [0.29, 0.717) is 66.4 Å². The summed E-state index contributed by atoms with van der Waals surface area (Å²) in [6.07, 6.45) is 17.5. The lowest BCUT2D eigenvalue weighted by Gasteiger charge is -2.28. The molecule has 0 radical (unpaired) electrons. The highest BCUT2D eigenvalue weighted by atomic mass is 16.5. The highest BCUT2D eigenvalue weighted by molar-refractivity contribution is 5.91. The Hall–Kier alpha value is -6.49. The van der Waals surface area contributed by atoms with Gasteiger partial charge in [-0.2, -0.15) is 0 Å². The Kier molecular flexibility index (Phi) is 23.4. The standard InChI is InChI=1S/C31H40O5.C23H25NO5/c1-3-9-24-10-12-25(13-11-24)26-14-20-29(21-15-26)36-31(33)27-16-18-28(19-17-27)34-22-7-5-6-8-23-35-30(32)4-2;1-3-22(25)28-17-7-5-4-6-16-27-20-12-8-18(9-13-20)23(26)29-21-14-10-19(24-2)11-15-21/h4,14-21,24-25H,2-3,5-13,22-23H2,1H3;3,8-15H,1-2,4-7,16-17H2. The molecule has 4 aromatic rings. The van der Waals surface area contributed by atoms with Gasteiger partial charge in [-0.1, -0.05) is 45.1 Å². The van der Waals surface area contributed by atoms with Crippen molar-refractivity contribution in [2.75, 3.05) is 26.4 Å². The molecule has 0 aliphatic heterocycles. The first-order valence-corrected chi connectivity index (χ1v) is 22.9. The quantitative estimate of drug-likeness (QED) is 0.0197. The molecule has 0 saturated heterocycles. The topological polar surface area (TPSA) is 136 Å². The fourth-order valence-electron chi connectivity index (χ4n) is 7.29. The third-order valence-corrected chi connectivity index (χ3v) is 11.0. The van der Waals surface area contributed by atoms with Crippen LogP contribution in [-0.4, -0.2) is 57.0 Å². The van der Waals surface area contributed by atoms with Crippen LogP contribution in [0.25, 0.3) is 0 Å². The second kappa shape index (κ2) is 29.8. The van der Waals surface area contributed by atoms with E-state index in [9.17, 15) is 19.2 Å². The molecule has 1 aliphatic carbocycles. The van der Waals surface area contributed by atoms with Crippen LogP contribution in [0.3, 0.4) is 0 Å². The third-order valence-electron chi connectivity index (χ3n) is 11.0. The fourth-order valence-corrected chi connectivity index (χ4v) is 7.29. The highest BCUT2D eigenvalue weighted by Crippen LogP contribution is 2.38. The number of nitrogens with zero attached hydrogens (tertiary/aromatic N) is 1. The van der Waals surface area contributed by atoms with Crippen LogP contribution in [0.15, 0.2) is 127 Å². The molecule has 11 heteroatoms. The molecule has 0 amide bonds. The van der Waals surface area contributed by atoms with E-state index < -0.39 is 5.97 Å². The molecule has 4 aromatic carbocycles. The van der Waals surface area contributed by atoms with Crippen LogP contribution in [-0.2, 0) is 19.1 Å². The summed E-state index contributed by atoms with van der Waals surface area (Å²) in [5, 5.41) is 0. The van der Waals surface area contributed by atoms with Gasteiger partial charge in [-0.25, -0.2) is 19.2 Å². The number of carbonyl (C=O) groups excluding carboxylic acids is 4. The molecule has 346 valence electrons. The first-order valence-electron chi connectivity index (χ1n) is 22.9. The minimum absolute atomic E-state index is 0.369. The average Bonchev–Trinajstić information content (AvgIpc) is 3.34. The summed E-state index contributed by atoms with van der Waals surface area (Å²) < 4.78 is 32.2. The van der Waals surface area contributed by atoms with Gasteiger partial charge in [0.15, 0.2) is 0 Å². The maximum absolute atomic E-state index is 12.6. The van der Waals surface area contributed by atoms with E-state index in [1.54, 1.807) is 72.8 Å². The summed E-state index contributed by atoms with van der Waals surface area (Å²) >= 11 is 0. The van der Waals surface area contributed by atoms with E-state index in [0.717, 1.165) is 69.1 Å². The van der Waals surface area contributed by atoms with Gasteiger partial charge in [0.25, 0.3) is 0 Å². The van der Waals surface area contributed by atoms with Gasteiger partial charge in [-0.05, 0) is 186 Å². The number of hydrogen-bond acceptors (Lipinski definition) is 11. The SMILES string of the molecule is C=CC(=O)OCCCCCCOc1ccc(C(=O)Oc2ccc(C3CCC(CCC)CC3)cc2)cc1.C=CC(=O)OCCCCCCOc1ccc(C(=O)Oc2ccc(N=C)cc2)cc1.